The molecule has 0 aliphatic heterocycles. The fourth-order valence-electron chi connectivity index (χ4n) is 1.97. The Morgan fingerprint density at radius 2 is 1.84 bits per heavy atom. The molecule has 2 heteroatoms. The Morgan fingerprint density at radius 3 is 2.47 bits per heavy atom. The minimum absolute atomic E-state index is 0.354. The first kappa shape index (κ1) is 14.5. The SMILES string of the molecule is CC(C)(C)CCOCc1ccccc1CNC1CC1. The average molecular weight is 261 g/mol. The highest BCUT2D eigenvalue weighted by Crippen LogP contribution is 2.21. The largest absolute Gasteiger partial charge is 0.377 e. The van der Waals surface area contributed by atoms with Crippen molar-refractivity contribution in [3.8, 4) is 0 Å². The van der Waals surface area contributed by atoms with E-state index in [1.54, 1.807) is 0 Å². The first-order chi connectivity index (χ1) is 9.04. The van der Waals surface area contributed by atoms with E-state index in [1.165, 1.54) is 24.0 Å². The van der Waals surface area contributed by atoms with Crippen molar-refractivity contribution in [3.63, 3.8) is 0 Å². The van der Waals surface area contributed by atoms with Gasteiger partial charge in [0.15, 0.2) is 0 Å². The zero-order chi connectivity index (χ0) is 13.7. The molecule has 106 valence electrons. The summed E-state index contributed by atoms with van der Waals surface area (Å²) in [6, 6.07) is 9.36. The normalized spacial score (nSPS) is 15.7. The van der Waals surface area contributed by atoms with Crippen molar-refractivity contribution < 1.29 is 4.74 Å². The molecule has 1 N–H and O–H groups in total. The predicted octanol–water partition coefficient (Wildman–Crippen LogP) is 3.89. The van der Waals surface area contributed by atoms with Gasteiger partial charge < -0.3 is 10.1 Å². The molecule has 1 aromatic carbocycles. The van der Waals surface area contributed by atoms with E-state index in [1.807, 2.05) is 0 Å². The quantitative estimate of drug-likeness (QED) is 0.752. The van der Waals surface area contributed by atoms with E-state index in [2.05, 4.69) is 50.4 Å². The lowest BCUT2D eigenvalue weighted by atomic mass is 9.93. The molecule has 1 aliphatic rings. The molecule has 0 heterocycles. The highest BCUT2D eigenvalue weighted by Gasteiger charge is 2.20. The van der Waals surface area contributed by atoms with E-state index in [0.29, 0.717) is 5.41 Å². The van der Waals surface area contributed by atoms with Crippen molar-refractivity contribution in [1.82, 2.24) is 5.32 Å². The van der Waals surface area contributed by atoms with Gasteiger partial charge in [-0.15, -0.1) is 0 Å². The summed E-state index contributed by atoms with van der Waals surface area (Å²) in [5, 5.41) is 3.57. The molecule has 0 amide bonds. The van der Waals surface area contributed by atoms with Crippen LogP contribution in [0.3, 0.4) is 0 Å². The highest BCUT2D eigenvalue weighted by atomic mass is 16.5. The molecule has 0 aromatic heterocycles. The van der Waals surface area contributed by atoms with Gasteiger partial charge in [-0.1, -0.05) is 45.0 Å². The van der Waals surface area contributed by atoms with Gasteiger partial charge in [0.05, 0.1) is 6.61 Å². The van der Waals surface area contributed by atoms with Gasteiger partial charge in [0.1, 0.15) is 0 Å². The molecule has 0 bridgehead atoms. The maximum Gasteiger partial charge on any atom is 0.0720 e. The van der Waals surface area contributed by atoms with Crippen LogP contribution in [0.15, 0.2) is 24.3 Å². The topological polar surface area (TPSA) is 21.3 Å². The Balaban J connectivity index is 1.77. The molecule has 19 heavy (non-hydrogen) atoms. The van der Waals surface area contributed by atoms with Gasteiger partial charge in [0.2, 0.25) is 0 Å². The Labute approximate surface area is 117 Å². The van der Waals surface area contributed by atoms with Crippen LogP contribution in [-0.4, -0.2) is 12.6 Å². The smallest absolute Gasteiger partial charge is 0.0720 e. The van der Waals surface area contributed by atoms with E-state index < -0.39 is 0 Å². The van der Waals surface area contributed by atoms with Crippen molar-refractivity contribution in [2.24, 2.45) is 5.41 Å². The molecule has 0 atom stereocenters. The number of rotatable bonds is 7. The minimum atomic E-state index is 0.354. The summed E-state index contributed by atoms with van der Waals surface area (Å²) >= 11 is 0. The third-order valence-electron chi connectivity index (χ3n) is 3.53. The van der Waals surface area contributed by atoms with Crippen LogP contribution >= 0.6 is 0 Å². The maximum atomic E-state index is 5.83. The van der Waals surface area contributed by atoms with Gasteiger partial charge >= 0.3 is 0 Å². The molecule has 0 unspecified atom stereocenters. The second-order valence-corrected chi connectivity index (χ2v) is 6.79. The molecule has 1 aromatic rings. The Kier molecular flexibility index (Phi) is 5.00. The summed E-state index contributed by atoms with van der Waals surface area (Å²) in [5.74, 6) is 0. The first-order valence-electron chi connectivity index (χ1n) is 7.42. The molecule has 1 saturated carbocycles. The summed E-state index contributed by atoms with van der Waals surface area (Å²) < 4.78 is 5.83. The van der Waals surface area contributed by atoms with E-state index in [0.717, 1.165) is 32.2 Å². The number of benzene rings is 1. The molecular formula is C17H27NO. The molecule has 1 aliphatic carbocycles. The summed E-state index contributed by atoms with van der Waals surface area (Å²) in [4.78, 5) is 0. The molecule has 1 fully saturated rings. The standard InChI is InChI=1S/C17H27NO/c1-17(2,3)10-11-19-13-15-7-5-4-6-14(15)12-18-16-8-9-16/h4-7,16,18H,8-13H2,1-3H3. The summed E-state index contributed by atoms with van der Waals surface area (Å²) in [7, 11) is 0. The van der Waals surface area contributed by atoms with Gasteiger partial charge in [-0.2, -0.15) is 0 Å². The Morgan fingerprint density at radius 1 is 1.16 bits per heavy atom. The van der Waals surface area contributed by atoms with Crippen LogP contribution in [0.4, 0.5) is 0 Å². The minimum Gasteiger partial charge on any atom is -0.377 e. The van der Waals surface area contributed by atoms with E-state index in [9.17, 15) is 0 Å². The Hall–Kier alpha value is -0.860. The van der Waals surface area contributed by atoms with Gasteiger partial charge in [-0.25, -0.2) is 0 Å². The van der Waals surface area contributed by atoms with Crippen LogP contribution < -0.4 is 5.32 Å². The van der Waals surface area contributed by atoms with Gasteiger partial charge in [0.25, 0.3) is 0 Å². The van der Waals surface area contributed by atoms with Crippen LogP contribution in [0.5, 0.6) is 0 Å². The third kappa shape index (κ3) is 5.75. The molecule has 2 nitrogen and oxygen atoms in total. The summed E-state index contributed by atoms with van der Waals surface area (Å²) in [5.41, 5.74) is 3.06. The lowest BCUT2D eigenvalue weighted by Gasteiger charge is -2.18. The maximum absolute atomic E-state index is 5.83. The first-order valence-corrected chi connectivity index (χ1v) is 7.42. The van der Waals surface area contributed by atoms with Crippen LogP contribution in [0.1, 0.15) is 51.2 Å². The fourth-order valence-corrected chi connectivity index (χ4v) is 1.97. The van der Waals surface area contributed by atoms with Crippen LogP contribution in [0.25, 0.3) is 0 Å². The second kappa shape index (κ2) is 6.53. The van der Waals surface area contributed by atoms with E-state index in [-0.39, 0.29) is 0 Å². The van der Waals surface area contributed by atoms with Crippen LogP contribution in [0.2, 0.25) is 0 Å². The van der Waals surface area contributed by atoms with Gasteiger partial charge in [-0.3, -0.25) is 0 Å². The molecule has 0 spiro atoms. The van der Waals surface area contributed by atoms with Crippen molar-refractivity contribution in [2.75, 3.05) is 6.61 Å². The van der Waals surface area contributed by atoms with E-state index >= 15 is 0 Å². The average Bonchev–Trinajstić information content (AvgIpc) is 3.16. The summed E-state index contributed by atoms with van der Waals surface area (Å²) in [6.45, 7) is 9.31. The number of hydrogen-bond acceptors (Lipinski definition) is 2. The zero-order valence-corrected chi connectivity index (χ0v) is 12.5. The lowest BCUT2D eigenvalue weighted by molar-refractivity contribution is 0.0957. The van der Waals surface area contributed by atoms with Crippen LogP contribution in [0, 0.1) is 5.41 Å². The number of hydrogen-bond donors (Lipinski definition) is 1. The molecule has 0 saturated heterocycles. The van der Waals surface area contributed by atoms with Crippen molar-refractivity contribution >= 4 is 0 Å². The molecular weight excluding hydrogens is 234 g/mol. The van der Waals surface area contributed by atoms with Gasteiger partial charge in [-0.05, 0) is 35.8 Å². The lowest BCUT2D eigenvalue weighted by Crippen LogP contribution is -2.17. The molecule has 2 rings (SSSR count). The van der Waals surface area contributed by atoms with E-state index in [4.69, 9.17) is 4.74 Å². The van der Waals surface area contributed by atoms with Crippen molar-refractivity contribution in [1.29, 1.82) is 0 Å². The number of nitrogens with one attached hydrogen (secondary N) is 1. The zero-order valence-electron chi connectivity index (χ0n) is 12.5. The second-order valence-electron chi connectivity index (χ2n) is 6.79. The number of ether oxygens (including phenoxy) is 1. The molecule has 0 radical (unpaired) electrons. The predicted molar refractivity (Wildman–Crippen MR) is 80.0 cm³/mol. The third-order valence-corrected chi connectivity index (χ3v) is 3.53. The van der Waals surface area contributed by atoms with Crippen LogP contribution in [-0.2, 0) is 17.9 Å². The van der Waals surface area contributed by atoms with Gasteiger partial charge in [0, 0.05) is 19.2 Å². The fraction of sp³-hybridized carbons (Fsp3) is 0.647. The highest BCUT2D eigenvalue weighted by molar-refractivity contribution is 5.26. The summed E-state index contributed by atoms with van der Waals surface area (Å²) in [6.07, 6.45) is 3.78. The van der Waals surface area contributed by atoms with Crippen molar-refractivity contribution in [3.05, 3.63) is 35.4 Å². The Bertz CT molecular complexity index is 390. The van der Waals surface area contributed by atoms with Crippen molar-refractivity contribution in [2.45, 2.75) is 59.2 Å². The monoisotopic (exact) mass is 261 g/mol.